The predicted molar refractivity (Wildman–Crippen MR) is 88.7 cm³/mol. The lowest BCUT2D eigenvalue weighted by molar-refractivity contribution is 0.235. The molecule has 0 saturated carbocycles. The van der Waals surface area contributed by atoms with Crippen LogP contribution < -0.4 is 10.1 Å². The largest absolute Gasteiger partial charge is 0.491 e. The molecule has 1 aliphatic rings. The highest BCUT2D eigenvalue weighted by atomic mass is 32.2. The van der Waals surface area contributed by atoms with Crippen molar-refractivity contribution in [3.8, 4) is 5.75 Å². The molecule has 0 bridgehead atoms. The van der Waals surface area contributed by atoms with Crippen LogP contribution in [0.25, 0.3) is 0 Å². The van der Waals surface area contributed by atoms with E-state index in [1.807, 2.05) is 0 Å². The first-order valence-corrected chi connectivity index (χ1v) is 8.68. The van der Waals surface area contributed by atoms with Crippen molar-refractivity contribution in [2.24, 2.45) is 0 Å². The van der Waals surface area contributed by atoms with Gasteiger partial charge in [-0.1, -0.05) is 25.1 Å². The second kappa shape index (κ2) is 6.86. The Hall–Kier alpha value is -0.670. The monoisotopic (exact) mass is 293 g/mol. The Labute approximate surface area is 127 Å². The minimum absolute atomic E-state index is 0.211. The van der Waals surface area contributed by atoms with E-state index in [2.05, 4.69) is 69.0 Å². The molecule has 1 aromatic rings. The first kappa shape index (κ1) is 15.7. The Kier molecular flexibility index (Phi) is 5.39. The number of hydrogen-bond acceptors (Lipinski definition) is 3. The normalized spacial score (nSPS) is 24.1. The smallest absolute Gasteiger partial charge is 0.124 e. The van der Waals surface area contributed by atoms with Crippen LogP contribution in [0.5, 0.6) is 5.75 Å². The SMILES string of the molecule is CCNC(c1ccccc1OC(C)C)C1(C)CCCS1. The molecular formula is C17H27NOS. The van der Waals surface area contributed by atoms with Crippen molar-refractivity contribution in [2.75, 3.05) is 12.3 Å². The van der Waals surface area contributed by atoms with E-state index < -0.39 is 0 Å². The average Bonchev–Trinajstić information content (AvgIpc) is 2.84. The molecule has 1 N–H and O–H groups in total. The van der Waals surface area contributed by atoms with E-state index in [-0.39, 0.29) is 10.9 Å². The van der Waals surface area contributed by atoms with Crippen molar-refractivity contribution in [2.45, 2.75) is 57.4 Å². The molecule has 1 heterocycles. The molecule has 20 heavy (non-hydrogen) atoms. The summed E-state index contributed by atoms with van der Waals surface area (Å²) in [6, 6.07) is 8.86. The zero-order valence-electron chi connectivity index (χ0n) is 13.1. The maximum atomic E-state index is 6.03. The lowest BCUT2D eigenvalue weighted by atomic mass is 9.89. The topological polar surface area (TPSA) is 21.3 Å². The van der Waals surface area contributed by atoms with Gasteiger partial charge in [-0.05, 0) is 52.0 Å². The molecule has 1 aromatic carbocycles. The molecule has 2 rings (SSSR count). The van der Waals surface area contributed by atoms with Crippen LogP contribution in [-0.2, 0) is 0 Å². The van der Waals surface area contributed by atoms with Gasteiger partial charge in [0, 0.05) is 10.3 Å². The highest BCUT2D eigenvalue weighted by Crippen LogP contribution is 2.48. The molecule has 2 atom stereocenters. The first-order chi connectivity index (χ1) is 9.57. The van der Waals surface area contributed by atoms with Gasteiger partial charge in [-0.15, -0.1) is 0 Å². The van der Waals surface area contributed by atoms with Crippen LogP contribution in [0.15, 0.2) is 24.3 Å². The third-order valence-electron chi connectivity index (χ3n) is 3.86. The van der Waals surface area contributed by atoms with E-state index in [1.165, 1.54) is 24.2 Å². The number of hydrogen-bond donors (Lipinski definition) is 1. The average molecular weight is 293 g/mol. The Morgan fingerprint density at radius 1 is 1.35 bits per heavy atom. The van der Waals surface area contributed by atoms with Gasteiger partial charge in [-0.25, -0.2) is 0 Å². The fourth-order valence-electron chi connectivity index (χ4n) is 2.97. The number of ether oxygens (including phenoxy) is 1. The van der Waals surface area contributed by atoms with Gasteiger partial charge >= 0.3 is 0 Å². The number of nitrogens with one attached hydrogen (secondary N) is 1. The van der Waals surface area contributed by atoms with Crippen LogP contribution in [0, 0.1) is 0 Å². The highest BCUT2D eigenvalue weighted by molar-refractivity contribution is 8.00. The van der Waals surface area contributed by atoms with Crippen LogP contribution in [0.1, 0.15) is 52.1 Å². The lowest BCUT2D eigenvalue weighted by Gasteiger charge is -2.35. The van der Waals surface area contributed by atoms with Gasteiger partial charge in [0.1, 0.15) is 5.75 Å². The summed E-state index contributed by atoms with van der Waals surface area (Å²) in [4.78, 5) is 0. The van der Waals surface area contributed by atoms with Crippen molar-refractivity contribution >= 4 is 11.8 Å². The van der Waals surface area contributed by atoms with Crippen molar-refractivity contribution < 1.29 is 4.74 Å². The summed E-state index contributed by atoms with van der Waals surface area (Å²) in [6.45, 7) is 9.74. The second-order valence-corrected chi connectivity index (χ2v) is 7.59. The van der Waals surface area contributed by atoms with Gasteiger partial charge in [-0.2, -0.15) is 11.8 Å². The first-order valence-electron chi connectivity index (χ1n) is 7.69. The molecule has 1 aliphatic heterocycles. The van der Waals surface area contributed by atoms with Crippen LogP contribution >= 0.6 is 11.8 Å². The molecule has 3 heteroatoms. The van der Waals surface area contributed by atoms with Crippen LogP contribution in [0.4, 0.5) is 0 Å². The summed E-state index contributed by atoms with van der Waals surface area (Å²) in [7, 11) is 0. The fourth-order valence-corrected chi connectivity index (χ4v) is 4.39. The molecular weight excluding hydrogens is 266 g/mol. The molecule has 2 unspecified atom stereocenters. The van der Waals surface area contributed by atoms with E-state index in [4.69, 9.17) is 4.74 Å². The third kappa shape index (κ3) is 3.50. The Balaban J connectivity index is 2.33. The number of rotatable bonds is 6. The molecule has 2 nitrogen and oxygen atoms in total. The predicted octanol–water partition coefficient (Wildman–Crippen LogP) is 4.41. The third-order valence-corrected chi connectivity index (χ3v) is 5.45. The van der Waals surface area contributed by atoms with Gasteiger partial charge in [0.15, 0.2) is 0 Å². The molecule has 0 aromatic heterocycles. The Morgan fingerprint density at radius 3 is 2.70 bits per heavy atom. The van der Waals surface area contributed by atoms with Gasteiger partial charge < -0.3 is 10.1 Å². The van der Waals surface area contributed by atoms with Crippen molar-refractivity contribution in [3.63, 3.8) is 0 Å². The molecule has 1 saturated heterocycles. The van der Waals surface area contributed by atoms with Crippen LogP contribution in [0.2, 0.25) is 0 Å². The molecule has 0 aliphatic carbocycles. The Morgan fingerprint density at radius 2 is 2.10 bits per heavy atom. The van der Waals surface area contributed by atoms with Crippen molar-refractivity contribution in [1.82, 2.24) is 5.32 Å². The van der Waals surface area contributed by atoms with E-state index in [0.717, 1.165) is 12.3 Å². The van der Waals surface area contributed by atoms with Crippen LogP contribution in [0.3, 0.4) is 0 Å². The van der Waals surface area contributed by atoms with E-state index in [0.29, 0.717) is 6.04 Å². The van der Waals surface area contributed by atoms with Gasteiger partial charge in [-0.3, -0.25) is 0 Å². The maximum absolute atomic E-state index is 6.03. The number of para-hydroxylation sites is 1. The van der Waals surface area contributed by atoms with E-state index >= 15 is 0 Å². The quantitative estimate of drug-likeness (QED) is 0.839. The number of thioether (sulfide) groups is 1. The van der Waals surface area contributed by atoms with Crippen molar-refractivity contribution in [1.29, 1.82) is 0 Å². The summed E-state index contributed by atoms with van der Waals surface area (Å²) in [5.74, 6) is 2.30. The molecule has 112 valence electrons. The zero-order chi connectivity index (χ0) is 14.6. The molecule has 0 radical (unpaired) electrons. The summed E-state index contributed by atoms with van der Waals surface area (Å²) in [6.07, 6.45) is 2.80. The van der Waals surface area contributed by atoms with Gasteiger partial charge in [0.2, 0.25) is 0 Å². The minimum Gasteiger partial charge on any atom is -0.491 e. The highest BCUT2D eigenvalue weighted by Gasteiger charge is 2.39. The zero-order valence-corrected chi connectivity index (χ0v) is 13.9. The van der Waals surface area contributed by atoms with Crippen molar-refractivity contribution in [3.05, 3.63) is 29.8 Å². The Bertz CT molecular complexity index is 427. The summed E-state index contributed by atoms with van der Waals surface area (Å²) in [5, 5.41) is 3.69. The molecule has 1 fully saturated rings. The van der Waals surface area contributed by atoms with E-state index in [9.17, 15) is 0 Å². The minimum atomic E-state index is 0.211. The number of benzene rings is 1. The summed E-state index contributed by atoms with van der Waals surface area (Å²) >= 11 is 2.10. The van der Waals surface area contributed by atoms with Gasteiger partial charge in [0.25, 0.3) is 0 Å². The second-order valence-electron chi connectivity index (χ2n) is 5.96. The molecule has 0 spiro atoms. The maximum Gasteiger partial charge on any atom is 0.124 e. The summed E-state index contributed by atoms with van der Waals surface area (Å²) < 4.78 is 6.30. The standard InChI is InChI=1S/C17H27NOS/c1-5-18-16(17(4)11-8-12-20-17)14-9-6-7-10-15(14)19-13(2)3/h6-7,9-10,13,16,18H,5,8,11-12H2,1-4H3. The molecule has 0 amide bonds. The lowest BCUT2D eigenvalue weighted by Crippen LogP contribution is -2.37. The fraction of sp³-hybridized carbons (Fsp3) is 0.647. The van der Waals surface area contributed by atoms with Crippen LogP contribution in [-0.4, -0.2) is 23.1 Å². The van der Waals surface area contributed by atoms with Gasteiger partial charge in [0.05, 0.1) is 12.1 Å². The van der Waals surface area contributed by atoms with E-state index in [1.54, 1.807) is 0 Å². The summed E-state index contributed by atoms with van der Waals surface area (Å²) in [5.41, 5.74) is 1.31.